The van der Waals surface area contributed by atoms with Crippen molar-refractivity contribution in [2.45, 2.75) is 18.9 Å². The third kappa shape index (κ3) is 1.90. The van der Waals surface area contributed by atoms with Crippen molar-refractivity contribution >= 4 is 7.40 Å². The first kappa shape index (κ1) is 5.06. The molecule has 0 unspecified atom stereocenters. The molecule has 0 bridgehead atoms. The van der Waals surface area contributed by atoms with Gasteiger partial charge in [-0.1, -0.05) is 0 Å². The lowest BCUT2D eigenvalue weighted by Crippen LogP contribution is -2.11. The van der Waals surface area contributed by atoms with Crippen LogP contribution >= 0.6 is 0 Å². The van der Waals surface area contributed by atoms with E-state index in [2.05, 4.69) is 4.65 Å². The minimum Gasteiger partial charge on any atom is -0.398 e. The summed E-state index contributed by atoms with van der Waals surface area (Å²) in [5.41, 5.74) is 0. The maximum absolute atomic E-state index is 11.3. The van der Waals surface area contributed by atoms with Gasteiger partial charge in [0.1, 0.15) is 0 Å². The summed E-state index contributed by atoms with van der Waals surface area (Å²) in [7, 11) is -2.06. The number of hydrogen-bond acceptors (Lipinski definition) is 2. The summed E-state index contributed by atoms with van der Waals surface area (Å²) in [4.78, 5) is 0. The fraction of sp³-hybridized carbons (Fsp3) is 1.00. The normalized spacial score (nSPS) is 19.7. The van der Waals surface area contributed by atoms with E-state index in [4.69, 9.17) is 5.02 Å². The van der Waals surface area contributed by atoms with E-state index in [0.717, 1.165) is 12.8 Å². The fourth-order valence-electron chi connectivity index (χ4n) is 0.363. The zero-order valence-electron chi connectivity index (χ0n) is 3.80. The molecule has 0 aliphatic heterocycles. The average molecular weight is 104 g/mol. The van der Waals surface area contributed by atoms with Gasteiger partial charge in [0.05, 0.1) is 0 Å². The van der Waals surface area contributed by atoms with Gasteiger partial charge < -0.3 is 9.68 Å². The molecule has 0 aromatic carbocycles. The molecule has 7 heavy (non-hydrogen) atoms. The second-order valence-electron chi connectivity index (χ2n) is 1.63. The summed E-state index contributed by atoms with van der Waals surface area (Å²) in [6, 6.07) is 0. The summed E-state index contributed by atoms with van der Waals surface area (Å²) in [6.07, 6.45) is 1.78. The number of hydrogen-bond donors (Lipinski definition) is 1. The van der Waals surface area contributed by atoms with Crippen molar-refractivity contribution in [3.8, 4) is 0 Å². The Morgan fingerprint density at radius 1 is 1.71 bits per heavy atom. The Morgan fingerprint density at radius 3 is 2.43 bits per heavy atom. The quantitative estimate of drug-likeness (QED) is 0.503. The zero-order valence-corrected chi connectivity index (χ0v) is 3.80. The predicted octanol–water partition coefficient (Wildman–Crippen LogP) is 0.112. The largest absolute Gasteiger partial charge is 0.677 e. The Morgan fingerprint density at radius 2 is 2.29 bits per heavy atom. The molecule has 0 aromatic rings. The van der Waals surface area contributed by atoms with Gasteiger partial charge >= 0.3 is 7.40 Å². The molecule has 1 aliphatic carbocycles. The van der Waals surface area contributed by atoms with Crippen LogP contribution in [0.3, 0.4) is 0 Å². The molecule has 0 amide bonds. The van der Waals surface area contributed by atoms with Gasteiger partial charge in [-0.3, -0.25) is 4.32 Å². The van der Waals surface area contributed by atoms with Crippen LogP contribution in [0.25, 0.3) is 0 Å². The highest BCUT2D eigenvalue weighted by Crippen LogP contribution is 2.23. The summed E-state index contributed by atoms with van der Waals surface area (Å²) in [5, 5.41) is 7.87. The van der Waals surface area contributed by atoms with Crippen LogP contribution in [0.15, 0.2) is 0 Å². The molecule has 1 rings (SSSR count). The minimum absolute atomic E-state index is 0.000000000000000222. The molecular formula is C3H6BFO2. The van der Waals surface area contributed by atoms with E-state index in [9.17, 15) is 4.32 Å². The highest BCUT2D eigenvalue weighted by atomic mass is 19.1. The molecule has 0 atom stereocenters. The van der Waals surface area contributed by atoms with Crippen LogP contribution in [-0.2, 0) is 4.65 Å². The lowest BCUT2D eigenvalue weighted by molar-refractivity contribution is 0.209. The van der Waals surface area contributed by atoms with Gasteiger partial charge in [0.25, 0.3) is 0 Å². The molecule has 0 spiro atoms. The molecule has 0 heterocycles. The lowest BCUT2D eigenvalue weighted by atomic mass is 10.3. The molecular weight excluding hydrogens is 97.8 g/mol. The fourth-order valence-corrected chi connectivity index (χ4v) is 0.363. The van der Waals surface area contributed by atoms with E-state index in [-0.39, 0.29) is 6.10 Å². The molecule has 1 saturated carbocycles. The van der Waals surface area contributed by atoms with Crippen molar-refractivity contribution < 1.29 is 14.0 Å². The Labute approximate surface area is 41.5 Å². The monoisotopic (exact) mass is 104 g/mol. The molecule has 1 fully saturated rings. The van der Waals surface area contributed by atoms with E-state index >= 15 is 0 Å². The summed E-state index contributed by atoms with van der Waals surface area (Å²) >= 11 is 0. The maximum Gasteiger partial charge on any atom is 0.677 e. The van der Waals surface area contributed by atoms with Crippen LogP contribution in [-0.4, -0.2) is 18.5 Å². The molecule has 2 nitrogen and oxygen atoms in total. The highest BCUT2D eigenvalue weighted by Gasteiger charge is 2.28. The van der Waals surface area contributed by atoms with Crippen LogP contribution in [0.1, 0.15) is 12.8 Å². The smallest absolute Gasteiger partial charge is 0.398 e. The molecule has 0 radical (unpaired) electrons. The topological polar surface area (TPSA) is 29.5 Å². The van der Waals surface area contributed by atoms with Gasteiger partial charge in [0, 0.05) is 6.10 Å². The summed E-state index contributed by atoms with van der Waals surface area (Å²) < 4.78 is 15.6. The van der Waals surface area contributed by atoms with E-state index in [1.165, 1.54) is 0 Å². The van der Waals surface area contributed by atoms with Crippen molar-refractivity contribution in [2.24, 2.45) is 0 Å². The molecule has 0 saturated heterocycles. The standard InChI is InChI=1S/C3H6BFO2/c5-4(6)7-3-1-2-3/h3,6H,1-2H2. The molecule has 1 aliphatic rings. The van der Waals surface area contributed by atoms with Crippen LogP contribution in [0.2, 0.25) is 0 Å². The first-order chi connectivity index (χ1) is 3.29. The zero-order chi connectivity index (χ0) is 5.28. The Balaban J connectivity index is 1.97. The summed E-state index contributed by atoms with van der Waals surface area (Å²) in [5.74, 6) is 0. The van der Waals surface area contributed by atoms with Crippen molar-refractivity contribution in [3.63, 3.8) is 0 Å². The van der Waals surface area contributed by atoms with Crippen molar-refractivity contribution in [1.29, 1.82) is 0 Å². The summed E-state index contributed by atoms with van der Waals surface area (Å²) in [6.45, 7) is 0. The second kappa shape index (κ2) is 1.80. The van der Waals surface area contributed by atoms with Crippen LogP contribution in [0, 0.1) is 0 Å². The molecule has 1 N–H and O–H groups in total. The highest BCUT2D eigenvalue weighted by molar-refractivity contribution is 6.33. The van der Waals surface area contributed by atoms with E-state index in [0.29, 0.717) is 0 Å². The van der Waals surface area contributed by atoms with Crippen molar-refractivity contribution in [2.75, 3.05) is 0 Å². The van der Waals surface area contributed by atoms with Crippen molar-refractivity contribution in [1.82, 2.24) is 0 Å². The second-order valence-corrected chi connectivity index (χ2v) is 1.63. The van der Waals surface area contributed by atoms with Crippen LogP contribution < -0.4 is 0 Å². The van der Waals surface area contributed by atoms with E-state index < -0.39 is 7.40 Å². The van der Waals surface area contributed by atoms with Gasteiger partial charge in [0.2, 0.25) is 0 Å². The number of halogens is 1. The van der Waals surface area contributed by atoms with Gasteiger partial charge in [-0.15, -0.1) is 0 Å². The van der Waals surface area contributed by atoms with Crippen LogP contribution in [0.4, 0.5) is 4.32 Å². The number of rotatable bonds is 2. The maximum atomic E-state index is 11.3. The van der Waals surface area contributed by atoms with Gasteiger partial charge in [-0.25, -0.2) is 0 Å². The third-order valence-electron chi connectivity index (χ3n) is 0.829. The van der Waals surface area contributed by atoms with Gasteiger partial charge in [0.15, 0.2) is 0 Å². The Bertz CT molecular complexity index is 64.0. The van der Waals surface area contributed by atoms with E-state index in [1.807, 2.05) is 0 Å². The first-order valence-electron chi connectivity index (χ1n) is 2.26. The Kier molecular flexibility index (Phi) is 1.30. The SMILES string of the molecule is OB(F)OC1CC1. The van der Waals surface area contributed by atoms with Gasteiger partial charge in [-0.05, 0) is 12.8 Å². The van der Waals surface area contributed by atoms with E-state index in [1.54, 1.807) is 0 Å². The average Bonchev–Trinajstić information content (AvgIpc) is 2.17. The van der Waals surface area contributed by atoms with Gasteiger partial charge in [-0.2, -0.15) is 0 Å². The molecule has 0 aromatic heterocycles. The predicted molar refractivity (Wildman–Crippen MR) is 23.2 cm³/mol. The Hall–Kier alpha value is -0.0851. The van der Waals surface area contributed by atoms with Crippen LogP contribution in [0.5, 0.6) is 0 Å². The first-order valence-corrected chi connectivity index (χ1v) is 2.26. The minimum atomic E-state index is -2.06. The third-order valence-corrected chi connectivity index (χ3v) is 0.829. The molecule has 4 heteroatoms. The molecule has 40 valence electrons. The lowest BCUT2D eigenvalue weighted by Gasteiger charge is -1.92. The van der Waals surface area contributed by atoms with Crippen molar-refractivity contribution in [3.05, 3.63) is 0 Å².